The average Bonchev–Trinajstić information content (AvgIpc) is 2.26. The second-order valence-electron chi connectivity index (χ2n) is 3.58. The lowest BCUT2D eigenvalue weighted by atomic mass is 10.1. The van der Waals surface area contributed by atoms with Gasteiger partial charge in [0.2, 0.25) is 0 Å². The Morgan fingerprint density at radius 3 is 2.53 bits per heavy atom. The van der Waals surface area contributed by atoms with Crippen LogP contribution < -0.4 is 5.73 Å². The molecule has 3 heteroatoms. The van der Waals surface area contributed by atoms with Crippen LogP contribution in [0.4, 0.5) is 0 Å². The highest BCUT2D eigenvalue weighted by Crippen LogP contribution is 2.28. The van der Waals surface area contributed by atoms with Gasteiger partial charge in [-0.2, -0.15) is 11.8 Å². The van der Waals surface area contributed by atoms with Gasteiger partial charge in [0, 0.05) is 18.4 Å². The summed E-state index contributed by atoms with van der Waals surface area (Å²) in [6.45, 7) is 3.00. The first-order valence-electron chi connectivity index (χ1n) is 5.27. The van der Waals surface area contributed by atoms with Gasteiger partial charge in [0.25, 0.3) is 0 Å². The molecule has 0 aliphatic heterocycles. The van der Waals surface area contributed by atoms with Crippen LogP contribution in [0.15, 0.2) is 24.3 Å². The molecule has 0 heterocycles. The largest absolute Gasteiger partial charge is 0.396 e. The third kappa shape index (κ3) is 4.24. The first-order valence-corrected chi connectivity index (χ1v) is 6.32. The van der Waals surface area contributed by atoms with Crippen LogP contribution >= 0.6 is 11.8 Å². The van der Waals surface area contributed by atoms with E-state index in [1.54, 1.807) is 0 Å². The topological polar surface area (TPSA) is 46.2 Å². The van der Waals surface area contributed by atoms with E-state index in [4.69, 9.17) is 10.8 Å². The van der Waals surface area contributed by atoms with Crippen molar-refractivity contribution in [3.63, 3.8) is 0 Å². The van der Waals surface area contributed by atoms with Crippen LogP contribution in [-0.2, 0) is 0 Å². The Morgan fingerprint density at radius 1 is 1.33 bits per heavy atom. The van der Waals surface area contributed by atoms with E-state index < -0.39 is 0 Å². The van der Waals surface area contributed by atoms with Gasteiger partial charge in [-0.3, -0.25) is 0 Å². The second kappa shape index (κ2) is 6.88. The molecule has 1 aromatic rings. The minimum atomic E-state index is 0.262. The van der Waals surface area contributed by atoms with Crippen molar-refractivity contribution in [2.24, 2.45) is 5.73 Å². The van der Waals surface area contributed by atoms with Crippen molar-refractivity contribution in [2.45, 2.75) is 18.6 Å². The Morgan fingerprint density at radius 2 is 2.00 bits per heavy atom. The fourth-order valence-corrected chi connectivity index (χ4v) is 2.44. The van der Waals surface area contributed by atoms with Gasteiger partial charge in [-0.25, -0.2) is 0 Å². The zero-order valence-corrected chi connectivity index (χ0v) is 9.96. The normalized spacial score (nSPS) is 12.7. The van der Waals surface area contributed by atoms with Crippen molar-refractivity contribution in [1.82, 2.24) is 0 Å². The molecule has 0 aliphatic rings. The van der Waals surface area contributed by atoms with Crippen LogP contribution in [0.3, 0.4) is 0 Å². The summed E-state index contributed by atoms with van der Waals surface area (Å²) in [5.74, 6) is 0.965. The number of hydrogen-bond donors (Lipinski definition) is 2. The van der Waals surface area contributed by atoms with Gasteiger partial charge in [0.1, 0.15) is 0 Å². The van der Waals surface area contributed by atoms with E-state index in [2.05, 4.69) is 31.2 Å². The Kier molecular flexibility index (Phi) is 5.76. The highest BCUT2D eigenvalue weighted by atomic mass is 32.2. The molecule has 0 aliphatic carbocycles. The van der Waals surface area contributed by atoms with Gasteiger partial charge in [-0.05, 0) is 24.7 Å². The Hall–Kier alpha value is -0.510. The van der Waals surface area contributed by atoms with Crippen LogP contribution in [0.2, 0.25) is 0 Å². The van der Waals surface area contributed by atoms with E-state index in [1.807, 2.05) is 11.8 Å². The van der Waals surface area contributed by atoms with Crippen molar-refractivity contribution in [2.75, 3.05) is 18.9 Å². The molecule has 1 rings (SSSR count). The van der Waals surface area contributed by atoms with Gasteiger partial charge in [-0.15, -0.1) is 0 Å². The van der Waals surface area contributed by atoms with Crippen LogP contribution in [0.25, 0.3) is 0 Å². The molecule has 84 valence electrons. The molecule has 3 N–H and O–H groups in total. The second-order valence-corrected chi connectivity index (χ2v) is 4.89. The predicted molar refractivity (Wildman–Crippen MR) is 67.1 cm³/mol. The first-order chi connectivity index (χ1) is 7.27. The molecule has 0 aromatic heterocycles. The minimum Gasteiger partial charge on any atom is -0.396 e. The summed E-state index contributed by atoms with van der Waals surface area (Å²) in [7, 11) is 0. The average molecular weight is 225 g/mol. The van der Waals surface area contributed by atoms with Crippen molar-refractivity contribution in [3.05, 3.63) is 35.4 Å². The van der Waals surface area contributed by atoms with E-state index in [9.17, 15) is 0 Å². The molecule has 0 bridgehead atoms. The molecule has 1 atom stereocenters. The van der Waals surface area contributed by atoms with Crippen LogP contribution in [0.5, 0.6) is 0 Å². The van der Waals surface area contributed by atoms with E-state index in [0.29, 0.717) is 11.8 Å². The van der Waals surface area contributed by atoms with Crippen LogP contribution in [0.1, 0.15) is 22.8 Å². The smallest absolute Gasteiger partial charge is 0.0438 e. The van der Waals surface area contributed by atoms with Gasteiger partial charge >= 0.3 is 0 Å². The molecule has 0 amide bonds. The third-order valence-electron chi connectivity index (χ3n) is 2.28. The van der Waals surface area contributed by atoms with E-state index in [0.717, 1.165) is 12.2 Å². The lowest BCUT2D eigenvalue weighted by Crippen LogP contribution is -2.10. The molecule has 1 unspecified atom stereocenters. The maximum Gasteiger partial charge on any atom is 0.0438 e. The van der Waals surface area contributed by atoms with Gasteiger partial charge < -0.3 is 10.8 Å². The summed E-state index contributed by atoms with van der Waals surface area (Å²) in [6, 6.07) is 8.51. The zero-order chi connectivity index (χ0) is 11.1. The Balaban J connectivity index is 2.53. The molecule has 0 fully saturated rings. The van der Waals surface area contributed by atoms with Gasteiger partial charge in [0.15, 0.2) is 0 Å². The zero-order valence-electron chi connectivity index (χ0n) is 9.15. The van der Waals surface area contributed by atoms with Crippen LogP contribution in [-0.4, -0.2) is 24.0 Å². The summed E-state index contributed by atoms with van der Waals surface area (Å²) in [5.41, 5.74) is 8.30. The molecule has 0 saturated carbocycles. The maximum atomic E-state index is 8.71. The third-order valence-corrected chi connectivity index (χ3v) is 3.68. The SMILES string of the molecule is Cc1ccc(C(CN)SCCCO)cc1. The Bertz CT molecular complexity index is 273. The van der Waals surface area contributed by atoms with Crippen molar-refractivity contribution < 1.29 is 5.11 Å². The number of thioether (sulfide) groups is 1. The fourth-order valence-electron chi connectivity index (χ4n) is 1.37. The highest BCUT2D eigenvalue weighted by molar-refractivity contribution is 7.99. The molecule has 0 spiro atoms. The van der Waals surface area contributed by atoms with Crippen molar-refractivity contribution in [3.8, 4) is 0 Å². The Labute approximate surface area is 95.9 Å². The first kappa shape index (κ1) is 12.6. The summed E-state index contributed by atoms with van der Waals surface area (Å²) in [5, 5.41) is 9.07. The highest BCUT2D eigenvalue weighted by Gasteiger charge is 2.08. The van der Waals surface area contributed by atoms with Crippen LogP contribution in [0, 0.1) is 6.92 Å². The summed E-state index contributed by atoms with van der Waals surface area (Å²) in [4.78, 5) is 0. The van der Waals surface area contributed by atoms with E-state index >= 15 is 0 Å². The number of aliphatic hydroxyl groups is 1. The summed E-state index contributed by atoms with van der Waals surface area (Å²) < 4.78 is 0. The molecule has 2 nitrogen and oxygen atoms in total. The number of hydrogen-bond acceptors (Lipinski definition) is 3. The van der Waals surface area contributed by atoms with Crippen molar-refractivity contribution in [1.29, 1.82) is 0 Å². The molecule has 1 aromatic carbocycles. The quantitative estimate of drug-likeness (QED) is 0.729. The van der Waals surface area contributed by atoms with E-state index in [-0.39, 0.29) is 6.61 Å². The molecular formula is C12H19NOS. The van der Waals surface area contributed by atoms with Gasteiger partial charge in [0.05, 0.1) is 0 Å². The molecular weight excluding hydrogens is 206 g/mol. The minimum absolute atomic E-state index is 0.262. The number of aryl methyl sites for hydroxylation is 1. The van der Waals surface area contributed by atoms with E-state index in [1.165, 1.54) is 11.1 Å². The number of benzene rings is 1. The molecule has 15 heavy (non-hydrogen) atoms. The number of rotatable bonds is 6. The molecule has 0 saturated heterocycles. The summed E-state index contributed by atoms with van der Waals surface area (Å²) >= 11 is 1.82. The van der Waals surface area contributed by atoms with Gasteiger partial charge in [-0.1, -0.05) is 29.8 Å². The summed E-state index contributed by atoms with van der Waals surface area (Å²) in [6.07, 6.45) is 0.840. The lowest BCUT2D eigenvalue weighted by Gasteiger charge is -2.14. The van der Waals surface area contributed by atoms with Crippen molar-refractivity contribution >= 4 is 11.8 Å². The number of nitrogens with two attached hydrogens (primary N) is 1. The number of aliphatic hydroxyl groups excluding tert-OH is 1. The molecule has 0 radical (unpaired) electrons. The predicted octanol–water partition coefficient (Wildman–Crippen LogP) is 2.11. The lowest BCUT2D eigenvalue weighted by molar-refractivity contribution is 0.296. The standard InChI is InChI=1S/C12H19NOS/c1-10-3-5-11(6-4-10)12(9-13)15-8-2-7-14/h3-6,12,14H,2,7-9,13H2,1H3. The maximum absolute atomic E-state index is 8.71. The monoisotopic (exact) mass is 225 g/mol. The fraction of sp³-hybridized carbons (Fsp3) is 0.500.